The highest BCUT2D eigenvalue weighted by Gasteiger charge is 2.12. The van der Waals surface area contributed by atoms with Gasteiger partial charge in [-0.15, -0.1) is 0 Å². The smallest absolute Gasteiger partial charge is 0.139 e. The van der Waals surface area contributed by atoms with Crippen molar-refractivity contribution in [1.29, 1.82) is 0 Å². The molecule has 1 aromatic carbocycles. The molecule has 3 nitrogen and oxygen atoms in total. The summed E-state index contributed by atoms with van der Waals surface area (Å²) in [5.41, 5.74) is 10.0. The Morgan fingerprint density at radius 2 is 1.94 bits per heavy atom. The topological polar surface area (TPSA) is 51.2 Å². The third-order valence-electron chi connectivity index (χ3n) is 3.31. The summed E-state index contributed by atoms with van der Waals surface area (Å²) in [5.74, 6) is 0.310. The number of aromatic nitrogens is 1. The average Bonchev–Trinajstić information content (AvgIpc) is 2.63. The van der Waals surface area contributed by atoms with Gasteiger partial charge in [0.05, 0.1) is 5.69 Å². The average molecular weight is 244 g/mol. The Labute approximate surface area is 108 Å². The first-order valence-electron chi connectivity index (χ1n) is 6.31. The van der Waals surface area contributed by atoms with Gasteiger partial charge in [-0.05, 0) is 57.0 Å². The molecule has 1 aromatic heterocycles. The molecule has 0 atom stereocenters. The van der Waals surface area contributed by atoms with Crippen LogP contribution in [-0.2, 0) is 6.42 Å². The second-order valence-electron chi connectivity index (χ2n) is 4.61. The molecule has 0 radical (unpaired) electrons. The van der Waals surface area contributed by atoms with E-state index in [0.717, 1.165) is 24.2 Å². The largest absolute Gasteiger partial charge is 0.506 e. The fourth-order valence-corrected chi connectivity index (χ4v) is 2.40. The maximum atomic E-state index is 9.96. The lowest BCUT2D eigenvalue weighted by Gasteiger charge is -2.11. The van der Waals surface area contributed by atoms with Crippen LogP contribution in [0.1, 0.15) is 23.4 Å². The fraction of sp³-hybridized carbons (Fsp3) is 0.333. The second-order valence-corrected chi connectivity index (χ2v) is 4.61. The first-order chi connectivity index (χ1) is 8.65. The molecule has 0 saturated heterocycles. The van der Waals surface area contributed by atoms with Gasteiger partial charge < -0.3 is 15.4 Å². The molecule has 0 saturated carbocycles. The highest BCUT2D eigenvalue weighted by Crippen LogP contribution is 2.27. The molecular formula is C15H20N2O. The number of aryl methyl sites for hydroxylation is 2. The van der Waals surface area contributed by atoms with Gasteiger partial charge >= 0.3 is 0 Å². The molecule has 0 amide bonds. The van der Waals surface area contributed by atoms with Gasteiger partial charge in [0.2, 0.25) is 0 Å². The molecule has 0 aliphatic rings. The summed E-state index contributed by atoms with van der Waals surface area (Å²) >= 11 is 0. The number of aromatic hydroxyl groups is 1. The van der Waals surface area contributed by atoms with Gasteiger partial charge in [-0.3, -0.25) is 0 Å². The normalized spacial score (nSPS) is 10.8. The van der Waals surface area contributed by atoms with Gasteiger partial charge in [0, 0.05) is 11.4 Å². The van der Waals surface area contributed by atoms with Gasteiger partial charge in [-0.25, -0.2) is 0 Å². The minimum atomic E-state index is 0.310. The molecule has 3 N–H and O–H groups in total. The molecule has 0 fully saturated rings. The van der Waals surface area contributed by atoms with Crippen LogP contribution in [0.15, 0.2) is 30.3 Å². The van der Waals surface area contributed by atoms with Crippen molar-refractivity contribution in [2.75, 3.05) is 6.54 Å². The molecule has 96 valence electrons. The zero-order valence-electron chi connectivity index (χ0n) is 11.0. The maximum Gasteiger partial charge on any atom is 0.139 e. The minimum absolute atomic E-state index is 0.310. The van der Waals surface area contributed by atoms with Crippen LogP contribution >= 0.6 is 0 Å². The maximum absolute atomic E-state index is 9.96. The molecule has 1 heterocycles. The molecule has 0 aliphatic carbocycles. The monoisotopic (exact) mass is 244 g/mol. The van der Waals surface area contributed by atoms with E-state index in [2.05, 4.69) is 24.5 Å². The van der Waals surface area contributed by atoms with E-state index in [1.807, 2.05) is 18.2 Å². The number of rotatable bonds is 4. The SMILES string of the molecule is Cc1cc(CCCN)c(C)n1-c1ccccc1O. The van der Waals surface area contributed by atoms with E-state index in [4.69, 9.17) is 5.73 Å². The number of phenols is 1. The zero-order chi connectivity index (χ0) is 13.1. The summed E-state index contributed by atoms with van der Waals surface area (Å²) in [4.78, 5) is 0. The molecule has 0 unspecified atom stereocenters. The van der Waals surface area contributed by atoms with Crippen molar-refractivity contribution in [3.63, 3.8) is 0 Å². The Morgan fingerprint density at radius 3 is 2.61 bits per heavy atom. The van der Waals surface area contributed by atoms with Crippen LogP contribution in [0.5, 0.6) is 5.75 Å². The minimum Gasteiger partial charge on any atom is -0.506 e. The van der Waals surface area contributed by atoms with Crippen molar-refractivity contribution in [1.82, 2.24) is 4.57 Å². The molecule has 2 rings (SSSR count). The van der Waals surface area contributed by atoms with Crippen LogP contribution in [0, 0.1) is 13.8 Å². The Bertz CT molecular complexity index is 543. The Balaban J connectivity index is 2.46. The van der Waals surface area contributed by atoms with E-state index in [-0.39, 0.29) is 0 Å². The summed E-state index contributed by atoms with van der Waals surface area (Å²) in [5, 5.41) is 9.96. The number of hydrogen-bond donors (Lipinski definition) is 2. The predicted molar refractivity (Wildman–Crippen MR) is 74.3 cm³/mol. The lowest BCUT2D eigenvalue weighted by atomic mass is 10.1. The first-order valence-corrected chi connectivity index (χ1v) is 6.31. The van der Waals surface area contributed by atoms with Crippen molar-refractivity contribution in [2.24, 2.45) is 5.73 Å². The highest BCUT2D eigenvalue weighted by atomic mass is 16.3. The molecule has 3 heteroatoms. The lowest BCUT2D eigenvalue weighted by molar-refractivity contribution is 0.471. The van der Waals surface area contributed by atoms with Gasteiger partial charge in [0.1, 0.15) is 5.75 Å². The first kappa shape index (κ1) is 12.7. The Kier molecular flexibility index (Phi) is 3.72. The van der Waals surface area contributed by atoms with E-state index in [1.54, 1.807) is 6.07 Å². The molecule has 0 bridgehead atoms. The van der Waals surface area contributed by atoms with E-state index in [9.17, 15) is 5.11 Å². The van der Waals surface area contributed by atoms with Crippen molar-refractivity contribution in [2.45, 2.75) is 26.7 Å². The Morgan fingerprint density at radius 1 is 1.22 bits per heavy atom. The van der Waals surface area contributed by atoms with Crippen LogP contribution in [0.25, 0.3) is 5.69 Å². The summed E-state index contributed by atoms with van der Waals surface area (Å²) in [6.45, 7) is 4.86. The molecular weight excluding hydrogens is 224 g/mol. The number of hydrogen-bond acceptors (Lipinski definition) is 2. The van der Waals surface area contributed by atoms with Crippen molar-refractivity contribution in [3.05, 3.63) is 47.3 Å². The lowest BCUT2D eigenvalue weighted by Crippen LogP contribution is -2.02. The number of nitrogens with zero attached hydrogens (tertiary/aromatic N) is 1. The molecule has 18 heavy (non-hydrogen) atoms. The Hall–Kier alpha value is -1.74. The predicted octanol–water partition coefficient (Wildman–Crippen LogP) is 2.69. The third-order valence-corrected chi connectivity index (χ3v) is 3.31. The van der Waals surface area contributed by atoms with Crippen molar-refractivity contribution >= 4 is 0 Å². The third kappa shape index (κ3) is 2.27. The second kappa shape index (κ2) is 5.27. The van der Waals surface area contributed by atoms with Crippen LogP contribution < -0.4 is 5.73 Å². The van der Waals surface area contributed by atoms with Gasteiger partial charge in [-0.2, -0.15) is 0 Å². The quantitative estimate of drug-likeness (QED) is 0.868. The fourth-order valence-electron chi connectivity index (χ4n) is 2.40. The standard InChI is InChI=1S/C15H20N2O/c1-11-10-13(6-5-9-16)12(2)17(11)14-7-3-4-8-15(14)18/h3-4,7-8,10,18H,5-6,9,16H2,1-2H3. The van der Waals surface area contributed by atoms with Crippen LogP contribution in [-0.4, -0.2) is 16.2 Å². The summed E-state index contributed by atoms with van der Waals surface area (Å²) in [7, 11) is 0. The van der Waals surface area contributed by atoms with Crippen LogP contribution in [0.3, 0.4) is 0 Å². The van der Waals surface area contributed by atoms with Crippen molar-refractivity contribution < 1.29 is 5.11 Å². The van der Waals surface area contributed by atoms with E-state index < -0.39 is 0 Å². The van der Waals surface area contributed by atoms with Crippen LogP contribution in [0.2, 0.25) is 0 Å². The van der Waals surface area contributed by atoms with Gasteiger partial charge in [-0.1, -0.05) is 12.1 Å². The summed E-state index contributed by atoms with van der Waals surface area (Å²) in [6, 6.07) is 9.60. The molecule has 2 aromatic rings. The number of phenolic OH excluding ortho intramolecular Hbond substituents is 1. The number of benzene rings is 1. The highest BCUT2D eigenvalue weighted by molar-refractivity contribution is 5.49. The van der Waals surface area contributed by atoms with E-state index >= 15 is 0 Å². The molecule has 0 spiro atoms. The molecule has 0 aliphatic heterocycles. The van der Waals surface area contributed by atoms with Gasteiger partial charge in [0.25, 0.3) is 0 Å². The number of nitrogens with two attached hydrogens (primary N) is 1. The summed E-state index contributed by atoms with van der Waals surface area (Å²) in [6.07, 6.45) is 1.98. The van der Waals surface area contributed by atoms with Crippen molar-refractivity contribution in [3.8, 4) is 11.4 Å². The van der Waals surface area contributed by atoms with Crippen LogP contribution in [0.4, 0.5) is 0 Å². The zero-order valence-corrected chi connectivity index (χ0v) is 11.0. The van der Waals surface area contributed by atoms with Gasteiger partial charge in [0.15, 0.2) is 0 Å². The van der Waals surface area contributed by atoms with E-state index in [0.29, 0.717) is 12.3 Å². The number of para-hydroxylation sites is 2. The van der Waals surface area contributed by atoms with E-state index in [1.165, 1.54) is 11.3 Å². The summed E-state index contributed by atoms with van der Waals surface area (Å²) < 4.78 is 2.10.